The molecule has 0 spiro atoms. The van der Waals surface area contributed by atoms with E-state index >= 15 is 0 Å². The van der Waals surface area contributed by atoms with Gasteiger partial charge in [0.05, 0.1) is 5.69 Å². The van der Waals surface area contributed by atoms with Crippen molar-refractivity contribution in [3.8, 4) is 0 Å². The van der Waals surface area contributed by atoms with E-state index in [1.165, 1.54) is 0 Å². The number of fused-ring (bicyclic) bond motifs is 1. The van der Waals surface area contributed by atoms with Crippen LogP contribution in [0.5, 0.6) is 0 Å². The molecule has 4 rings (SSSR count). The SMILES string of the molecule is O=C(C=Cc1ccccc1)NC1C2CSCC2NN1c1ccccc1. The number of hydrogen-bond acceptors (Lipinski definition) is 4. The molecule has 0 bridgehead atoms. The van der Waals surface area contributed by atoms with Crippen LogP contribution in [0, 0.1) is 5.92 Å². The average Bonchev–Trinajstić information content (AvgIpc) is 3.24. The zero-order valence-electron chi connectivity index (χ0n) is 13.8. The third kappa shape index (κ3) is 3.57. The van der Waals surface area contributed by atoms with Gasteiger partial charge in [0.1, 0.15) is 6.17 Å². The average molecular weight is 351 g/mol. The van der Waals surface area contributed by atoms with Gasteiger partial charge in [-0.2, -0.15) is 11.8 Å². The summed E-state index contributed by atoms with van der Waals surface area (Å²) in [5, 5.41) is 5.31. The quantitative estimate of drug-likeness (QED) is 0.832. The van der Waals surface area contributed by atoms with Gasteiger partial charge in [-0.15, -0.1) is 0 Å². The highest BCUT2D eigenvalue weighted by molar-refractivity contribution is 7.99. The summed E-state index contributed by atoms with van der Waals surface area (Å²) in [6.07, 6.45) is 3.44. The summed E-state index contributed by atoms with van der Waals surface area (Å²) < 4.78 is 0. The van der Waals surface area contributed by atoms with Gasteiger partial charge in [0, 0.05) is 29.5 Å². The monoisotopic (exact) mass is 351 g/mol. The molecular formula is C20H21N3OS. The van der Waals surface area contributed by atoms with E-state index in [9.17, 15) is 4.79 Å². The number of carbonyl (C=O) groups excluding carboxylic acids is 1. The first kappa shape index (κ1) is 16.2. The lowest BCUT2D eigenvalue weighted by atomic mass is 10.0. The van der Waals surface area contributed by atoms with Gasteiger partial charge in [-0.3, -0.25) is 9.80 Å². The normalized spacial score (nSPS) is 25.3. The number of carbonyl (C=O) groups is 1. The Balaban J connectivity index is 1.50. The number of nitrogens with one attached hydrogen (secondary N) is 2. The Morgan fingerprint density at radius 2 is 1.80 bits per heavy atom. The molecule has 0 saturated carbocycles. The molecular weight excluding hydrogens is 330 g/mol. The number of nitrogens with zero attached hydrogens (tertiary/aromatic N) is 1. The molecule has 128 valence electrons. The van der Waals surface area contributed by atoms with E-state index < -0.39 is 0 Å². The van der Waals surface area contributed by atoms with Gasteiger partial charge in [0.15, 0.2) is 0 Å². The van der Waals surface area contributed by atoms with Gasteiger partial charge in [0.25, 0.3) is 0 Å². The zero-order chi connectivity index (χ0) is 17.1. The number of hydrazine groups is 1. The molecule has 2 aliphatic rings. The first-order valence-electron chi connectivity index (χ1n) is 8.53. The molecule has 5 heteroatoms. The van der Waals surface area contributed by atoms with Crippen LogP contribution >= 0.6 is 11.8 Å². The predicted octanol–water partition coefficient (Wildman–Crippen LogP) is 2.90. The van der Waals surface area contributed by atoms with Crippen LogP contribution in [0.3, 0.4) is 0 Å². The van der Waals surface area contributed by atoms with Crippen LogP contribution < -0.4 is 15.8 Å². The molecule has 2 aromatic carbocycles. The standard InChI is InChI=1S/C20H21N3OS/c24-19(12-11-15-7-3-1-4-8-15)21-20-17-13-25-14-18(17)22-23(20)16-9-5-2-6-10-16/h1-12,17-18,20,22H,13-14H2,(H,21,24). The molecule has 2 aromatic rings. The van der Waals surface area contributed by atoms with Crippen molar-refractivity contribution in [2.45, 2.75) is 12.2 Å². The predicted molar refractivity (Wildman–Crippen MR) is 104 cm³/mol. The molecule has 0 aliphatic carbocycles. The van der Waals surface area contributed by atoms with E-state index in [4.69, 9.17) is 0 Å². The van der Waals surface area contributed by atoms with Crippen LogP contribution in [0.25, 0.3) is 6.08 Å². The Kier molecular flexibility index (Phi) is 4.76. The topological polar surface area (TPSA) is 44.4 Å². The second-order valence-electron chi connectivity index (χ2n) is 6.34. The number of para-hydroxylation sites is 1. The van der Waals surface area contributed by atoms with Crippen molar-refractivity contribution in [2.75, 3.05) is 16.5 Å². The summed E-state index contributed by atoms with van der Waals surface area (Å²) in [4.78, 5) is 12.5. The highest BCUT2D eigenvalue weighted by Gasteiger charge is 2.45. The van der Waals surface area contributed by atoms with E-state index in [0.717, 1.165) is 22.8 Å². The van der Waals surface area contributed by atoms with Crippen LogP contribution in [-0.2, 0) is 4.79 Å². The van der Waals surface area contributed by atoms with Crippen molar-refractivity contribution in [1.82, 2.24) is 10.7 Å². The highest BCUT2D eigenvalue weighted by atomic mass is 32.2. The van der Waals surface area contributed by atoms with Gasteiger partial charge >= 0.3 is 0 Å². The summed E-state index contributed by atoms with van der Waals surface area (Å²) in [6.45, 7) is 0. The lowest BCUT2D eigenvalue weighted by Crippen LogP contribution is -2.50. The Morgan fingerprint density at radius 3 is 2.56 bits per heavy atom. The van der Waals surface area contributed by atoms with E-state index in [0.29, 0.717) is 12.0 Å². The van der Waals surface area contributed by atoms with Crippen molar-refractivity contribution in [3.05, 3.63) is 72.3 Å². The lowest BCUT2D eigenvalue weighted by molar-refractivity contribution is -0.117. The zero-order valence-corrected chi connectivity index (χ0v) is 14.7. The molecule has 2 saturated heterocycles. The maximum absolute atomic E-state index is 12.5. The molecule has 0 radical (unpaired) electrons. The fourth-order valence-electron chi connectivity index (χ4n) is 3.39. The molecule has 4 nitrogen and oxygen atoms in total. The third-order valence-corrected chi connectivity index (χ3v) is 5.88. The molecule has 2 heterocycles. The first-order chi connectivity index (χ1) is 12.3. The smallest absolute Gasteiger partial charge is 0.245 e. The number of anilines is 1. The number of hydrogen-bond donors (Lipinski definition) is 2. The van der Waals surface area contributed by atoms with Crippen molar-refractivity contribution in [1.29, 1.82) is 0 Å². The molecule has 3 atom stereocenters. The van der Waals surface area contributed by atoms with Crippen molar-refractivity contribution in [3.63, 3.8) is 0 Å². The Bertz CT molecular complexity index is 750. The summed E-state index contributed by atoms with van der Waals surface area (Å²) in [5.74, 6) is 2.50. The number of amides is 1. The molecule has 2 N–H and O–H groups in total. The van der Waals surface area contributed by atoms with Crippen LogP contribution in [0.4, 0.5) is 5.69 Å². The Morgan fingerprint density at radius 1 is 1.08 bits per heavy atom. The van der Waals surface area contributed by atoms with Crippen LogP contribution in [-0.4, -0.2) is 29.6 Å². The Labute approximate surface area is 152 Å². The fraction of sp³-hybridized carbons (Fsp3) is 0.250. The minimum absolute atomic E-state index is 0.0321. The van der Waals surface area contributed by atoms with E-state index in [1.54, 1.807) is 6.08 Å². The molecule has 1 amide bonds. The maximum Gasteiger partial charge on any atom is 0.245 e. The lowest BCUT2D eigenvalue weighted by Gasteiger charge is -2.29. The minimum atomic E-state index is -0.0610. The van der Waals surface area contributed by atoms with Gasteiger partial charge in [-0.1, -0.05) is 48.5 Å². The molecule has 0 aromatic heterocycles. The molecule has 2 fully saturated rings. The molecule has 3 unspecified atom stereocenters. The largest absolute Gasteiger partial charge is 0.331 e. The Hall–Kier alpha value is -2.24. The van der Waals surface area contributed by atoms with Crippen LogP contribution in [0.15, 0.2) is 66.7 Å². The first-order valence-corrected chi connectivity index (χ1v) is 9.68. The third-order valence-electron chi connectivity index (χ3n) is 4.66. The highest BCUT2D eigenvalue weighted by Crippen LogP contribution is 2.35. The maximum atomic E-state index is 12.5. The fourth-order valence-corrected chi connectivity index (χ4v) is 4.79. The van der Waals surface area contributed by atoms with Gasteiger partial charge in [-0.25, -0.2) is 5.43 Å². The van der Waals surface area contributed by atoms with E-state index in [2.05, 4.69) is 27.9 Å². The summed E-state index contributed by atoms with van der Waals surface area (Å²) in [6, 6.07) is 20.5. The van der Waals surface area contributed by atoms with E-state index in [-0.39, 0.29) is 12.1 Å². The summed E-state index contributed by atoms with van der Waals surface area (Å²) in [5.41, 5.74) is 5.68. The van der Waals surface area contributed by atoms with Crippen LogP contribution in [0.1, 0.15) is 5.56 Å². The van der Waals surface area contributed by atoms with Crippen LogP contribution in [0.2, 0.25) is 0 Å². The molecule has 2 aliphatic heterocycles. The van der Waals surface area contributed by atoms with Gasteiger partial charge < -0.3 is 5.32 Å². The number of rotatable bonds is 4. The summed E-state index contributed by atoms with van der Waals surface area (Å²) in [7, 11) is 0. The van der Waals surface area contributed by atoms with Gasteiger partial charge in [0.2, 0.25) is 5.91 Å². The number of thioether (sulfide) groups is 1. The van der Waals surface area contributed by atoms with Gasteiger partial charge in [-0.05, 0) is 23.8 Å². The number of benzene rings is 2. The second-order valence-corrected chi connectivity index (χ2v) is 7.41. The molecule has 25 heavy (non-hydrogen) atoms. The van der Waals surface area contributed by atoms with Crippen molar-refractivity contribution < 1.29 is 4.79 Å². The van der Waals surface area contributed by atoms with E-state index in [1.807, 2.05) is 66.4 Å². The van der Waals surface area contributed by atoms with Crippen molar-refractivity contribution in [2.24, 2.45) is 5.92 Å². The van der Waals surface area contributed by atoms with Crippen molar-refractivity contribution >= 4 is 29.4 Å². The second kappa shape index (κ2) is 7.33. The minimum Gasteiger partial charge on any atom is -0.331 e. The summed E-state index contributed by atoms with van der Waals surface area (Å²) >= 11 is 1.95.